The molecular weight excluding hydrogens is 302 g/mol. The lowest BCUT2D eigenvalue weighted by Crippen LogP contribution is -2.35. The van der Waals surface area contributed by atoms with Crippen molar-refractivity contribution in [2.45, 2.75) is 19.8 Å². The molecule has 3 rings (SSSR count). The van der Waals surface area contributed by atoms with Crippen LogP contribution in [0.5, 0.6) is 0 Å². The highest BCUT2D eigenvalue weighted by Gasteiger charge is 2.18. The lowest BCUT2D eigenvalue weighted by atomic mass is 10.0. The molecule has 2 heterocycles. The molecule has 1 aliphatic rings. The zero-order valence-electron chi connectivity index (χ0n) is 13.6. The van der Waals surface area contributed by atoms with Gasteiger partial charge in [-0.3, -0.25) is 4.79 Å². The fourth-order valence-corrected chi connectivity index (χ4v) is 2.86. The third-order valence-electron chi connectivity index (χ3n) is 4.10. The first kappa shape index (κ1) is 15.9. The number of hydrogen-bond donors (Lipinski definition) is 1. The van der Waals surface area contributed by atoms with E-state index in [1.807, 2.05) is 6.07 Å². The molecule has 122 valence electrons. The number of amides is 1. The summed E-state index contributed by atoms with van der Waals surface area (Å²) >= 11 is 0. The molecule has 1 aromatic carbocycles. The van der Waals surface area contributed by atoms with Gasteiger partial charge < -0.3 is 10.2 Å². The minimum Gasteiger partial charge on any atom is -0.355 e. The Morgan fingerprint density at radius 1 is 1.38 bits per heavy atom. The van der Waals surface area contributed by atoms with Gasteiger partial charge in [-0.15, -0.1) is 0 Å². The van der Waals surface area contributed by atoms with Crippen molar-refractivity contribution in [3.8, 4) is 6.07 Å². The van der Waals surface area contributed by atoms with Crippen molar-refractivity contribution in [3.05, 3.63) is 47.9 Å². The average Bonchev–Trinajstić information content (AvgIpc) is 2.62. The molecule has 1 aromatic heterocycles. The zero-order chi connectivity index (χ0) is 16.9. The van der Waals surface area contributed by atoms with Crippen LogP contribution in [-0.2, 0) is 0 Å². The number of nitrogens with zero attached hydrogens (tertiary/aromatic N) is 4. The van der Waals surface area contributed by atoms with Gasteiger partial charge in [0.2, 0.25) is 0 Å². The van der Waals surface area contributed by atoms with Crippen LogP contribution in [0.1, 0.15) is 35.8 Å². The summed E-state index contributed by atoms with van der Waals surface area (Å²) in [6.45, 7) is 4.18. The highest BCUT2D eigenvalue weighted by molar-refractivity contribution is 6.02. The minimum absolute atomic E-state index is 0.256. The van der Waals surface area contributed by atoms with Crippen LogP contribution in [-0.4, -0.2) is 29.0 Å². The van der Waals surface area contributed by atoms with E-state index in [2.05, 4.69) is 27.1 Å². The highest BCUT2D eigenvalue weighted by atomic mass is 16.1. The molecule has 0 aliphatic carbocycles. The van der Waals surface area contributed by atoms with Gasteiger partial charge in [0.15, 0.2) is 0 Å². The molecule has 0 spiro atoms. The summed E-state index contributed by atoms with van der Waals surface area (Å²) in [7, 11) is 0. The first-order valence-corrected chi connectivity index (χ1v) is 8.04. The van der Waals surface area contributed by atoms with Crippen molar-refractivity contribution >= 4 is 17.4 Å². The summed E-state index contributed by atoms with van der Waals surface area (Å²) in [5.41, 5.74) is 1.31. The number of aromatic nitrogens is 2. The maximum atomic E-state index is 12.2. The molecule has 0 radical (unpaired) electrons. The van der Waals surface area contributed by atoms with Gasteiger partial charge in [-0.25, -0.2) is 9.97 Å². The quantitative estimate of drug-likeness (QED) is 0.940. The van der Waals surface area contributed by atoms with Gasteiger partial charge in [-0.2, -0.15) is 5.26 Å². The van der Waals surface area contributed by atoms with Crippen molar-refractivity contribution in [1.82, 2.24) is 9.97 Å². The molecule has 1 N–H and O–H groups in total. The van der Waals surface area contributed by atoms with Gasteiger partial charge >= 0.3 is 0 Å². The van der Waals surface area contributed by atoms with Gasteiger partial charge in [-0.1, -0.05) is 13.0 Å². The number of benzene rings is 1. The van der Waals surface area contributed by atoms with E-state index in [1.165, 1.54) is 12.6 Å². The second kappa shape index (κ2) is 7.09. The van der Waals surface area contributed by atoms with Crippen LogP contribution in [0, 0.1) is 17.2 Å². The van der Waals surface area contributed by atoms with Crippen LogP contribution >= 0.6 is 0 Å². The van der Waals surface area contributed by atoms with E-state index >= 15 is 0 Å². The second-order valence-electron chi connectivity index (χ2n) is 6.10. The van der Waals surface area contributed by atoms with Gasteiger partial charge in [-0.05, 0) is 37.0 Å². The fourth-order valence-electron chi connectivity index (χ4n) is 2.86. The standard InChI is InChI=1S/C18H19N5O/c1-13-4-3-7-23(12-13)17-11-20-16(10-21-17)18(24)22-15-6-2-5-14(8-15)9-19/h2,5-6,8,10-11,13H,3-4,7,12H2,1H3,(H,22,24). The van der Waals surface area contributed by atoms with Crippen LogP contribution in [0.4, 0.5) is 11.5 Å². The van der Waals surface area contributed by atoms with Gasteiger partial charge in [0.1, 0.15) is 11.5 Å². The largest absolute Gasteiger partial charge is 0.355 e. The molecule has 6 heteroatoms. The summed E-state index contributed by atoms with van der Waals surface area (Å²) in [6, 6.07) is 8.80. The number of hydrogen-bond acceptors (Lipinski definition) is 5. The van der Waals surface area contributed by atoms with E-state index in [4.69, 9.17) is 5.26 Å². The molecular formula is C18H19N5O. The molecule has 2 aromatic rings. The Balaban J connectivity index is 1.68. The second-order valence-corrected chi connectivity index (χ2v) is 6.10. The maximum Gasteiger partial charge on any atom is 0.275 e. The number of nitriles is 1. The molecule has 1 unspecified atom stereocenters. The van der Waals surface area contributed by atoms with Crippen molar-refractivity contribution in [2.75, 3.05) is 23.3 Å². The summed E-state index contributed by atoms with van der Waals surface area (Å²) in [5.74, 6) is 1.12. The van der Waals surface area contributed by atoms with Crippen LogP contribution in [0.15, 0.2) is 36.7 Å². The van der Waals surface area contributed by atoms with Gasteiger partial charge in [0, 0.05) is 18.8 Å². The normalized spacial score (nSPS) is 17.2. The number of rotatable bonds is 3. The van der Waals surface area contributed by atoms with Crippen molar-refractivity contribution in [1.29, 1.82) is 5.26 Å². The van der Waals surface area contributed by atoms with E-state index in [0.29, 0.717) is 17.2 Å². The average molecular weight is 321 g/mol. The molecule has 24 heavy (non-hydrogen) atoms. The van der Waals surface area contributed by atoms with Gasteiger partial charge in [0.25, 0.3) is 5.91 Å². The van der Waals surface area contributed by atoms with Crippen LogP contribution < -0.4 is 10.2 Å². The SMILES string of the molecule is CC1CCCN(c2cnc(C(=O)Nc3cccc(C#N)c3)cn2)C1. The molecule has 1 atom stereocenters. The molecule has 1 saturated heterocycles. The summed E-state index contributed by atoms with van der Waals surface area (Å²) < 4.78 is 0. The third kappa shape index (κ3) is 3.69. The predicted octanol–water partition coefficient (Wildman–Crippen LogP) is 2.84. The lowest BCUT2D eigenvalue weighted by Gasteiger charge is -2.31. The topological polar surface area (TPSA) is 81.9 Å². The first-order valence-electron chi connectivity index (χ1n) is 8.04. The van der Waals surface area contributed by atoms with Gasteiger partial charge in [0.05, 0.1) is 24.0 Å². The highest BCUT2D eigenvalue weighted by Crippen LogP contribution is 2.20. The zero-order valence-corrected chi connectivity index (χ0v) is 13.6. The Bertz CT molecular complexity index is 766. The lowest BCUT2D eigenvalue weighted by molar-refractivity contribution is 0.102. The number of carbonyl (C=O) groups excluding carboxylic acids is 1. The smallest absolute Gasteiger partial charge is 0.275 e. The fraction of sp³-hybridized carbons (Fsp3) is 0.333. The van der Waals surface area contributed by atoms with E-state index in [0.717, 1.165) is 25.3 Å². The molecule has 0 bridgehead atoms. The Hall–Kier alpha value is -2.94. The minimum atomic E-state index is -0.337. The Morgan fingerprint density at radius 2 is 2.25 bits per heavy atom. The van der Waals surface area contributed by atoms with E-state index in [1.54, 1.807) is 30.5 Å². The summed E-state index contributed by atoms with van der Waals surface area (Å²) in [5, 5.41) is 11.6. The van der Waals surface area contributed by atoms with E-state index in [9.17, 15) is 4.79 Å². The predicted molar refractivity (Wildman–Crippen MR) is 91.8 cm³/mol. The number of nitrogens with one attached hydrogen (secondary N) is 1. The molecule has 1 aliphatic heterocycles. The molecule has 6 nitrogen and oxygen atoms in total. The van der Waals surface area contributed by atoms with Crippen LogP contribution in [0.3, 0.4) is 0 Å². The Morgan fingerprint density at radius 3 is 2.96 bits per heavy atom. The molecule has 1 fully saturated rings. The van der Waals surface area contributed by atoms with Crippen LogP contribution in [0.2, 0.25) is 0 Å². The molecule has 1 amide bonds. The third-order valence-corrected chi connectivity index (χ3v) is 4.10. The van der Waals surface area contributed by atoms with Crippen molar-refractivity contribution in [3.63, 3.8) is 0 Å². The molecule has 0 saturated carbocycles. The van der Waals surface area contributed by atoms with Crippen LogP contribution in [0.25, 0.3) is 0 Å². The van der Waals surface area contributed by atoms with E-state index in [-0.39, 0.29) is 11.6 Å². The maximum absolute atomic E-state index is 12.2. The first-order chi connectivity index (χ1) is 11.7. The number of carbonyl (C=O) groups is 1. The van der Waals surface area contributed by atoms with Crippen molar-refractivity contribution in [2.24, 2.45) is 5.92 Å². The Kier molecular flexibility index (Phi) is 4.71. The van der Waals surface area contributed by atoms with Crippen molar-refractivity contribution < 1.29 is 4.79 Å². The van der Waals surface area contributed by atoms with E-state index < -0.39 is 0 Å². The summed E-state index contributed by atoms with van der Waals surface area (Å²) in [4.78, 5) is 23.1. The number of piperidine rings is 1. The number of anilines is 2. The Labute approximate surface area is 141 Å². The monoisotopic (exact) mass is 321 g/mol. The summed E-state index contributed by atoms with van der Waals surface area (Å²) in [6.07, 6.45) is 5.54.